The Kier molecular flexibility index (Phi) is 4.51. The number of sulfonamides is 1. The van der Waals surface area contributed by atoms with E-state index in [0.29, 0.717) is 11.4 Å². The van der Waals surface area contributed by atoms with Crippen molar-refractivity contribution in [2.75, 3.05) is 4.72 Å². The van der Waals surface area contributed by atoms with Crippen LogP contribution in [0.1, 0.15) is 24.5 Å². The number of hydrogen-bond acceptors (Lipinski definition) is 4. The van der Waals surface area contributed by atoms with Gasteiger partial charge in [-0.25, -0.2) is 8.42 Å². The quantitative estimate of drug-likeness (QED) is 0.619. The van der Waals surface area contributed by atoms with Crippen LogP contribution in [0.5, 0.6) is 5.75 Å². The molecule has 0 saturated heterocycles. The molecular formula is C17H16ClNO4S. The fraction of sp³-hybridized carbons (Fsp3) is 0.235. The third-order valence-electron chi connectivity index (χ3n) is 3.81. The maximum atomic E-state index is 11.1. The maximum Gasteiger partial charge on any atom is 0.308 e. The molecule has 0 saturated carbocycles. The summed E-state index contributed by atoms with van der Waals surface area (Å²) in [5.74, 6) is 0.422. The van der Waals surface area contributed by atoms with E-state index in [-0.39, 0.29) is 15.9 Å². The Morgan fingerprint density at radius 1 is 1.12 bits per heavy atom. The van der Waals surface area contributed by atoms with Gasteiger partial charge in [0.05, 0.1) is 10.7 Å². The monoisotopic (exact) mass is 365 g/mol. The van der Waals surface area contributed by atoms with Gasteiger partial charge < -0.3 is 4.74 Å². The standard InChI is InChI=1S/C11H12O2.C6H4ClNO2S/c1-8(12)13-11-6-5-9-3-2-4-10(9)7-11;7-5-3-4-1-2-6(5)11(9,10)8-4/h5-7H,2-4H2,1H3;1-3,8H. The third kappa shape index (κ3) is 3.55. The first-order chi connectivity index (χ1) is 11.3. The number of anilines is 1. The van der Waals surface area contributed by atoms with Crippen LogP contribution >= 0.6 is 11.6 Å². The van der Waals surface area contributed by atoms with Crippen LogP contribution in [0, 0.1) is 0 Å². The number of carbonyl (C=O) groups is 1. The lowest BCUT2D eigenvalue weighted by atomic mass is 10.1. The highest BCUT2D eigenvalue weighted by atomic mass is 35.5. The average molecular weight is 366 g/mol. The number of rotatable bonds is 1. The van der Waals surface area contributed by atoms with Gasteiger partial charge in [0.2, 0.25) is 0 Å². The summed E-state index contributed by atoms with van der Waals surface area (Å²) < 4.78 is 29.5. The molecule has 0 fully saturated rings. The van der Waals surface area contributed by atoms with Gasteiger partial charge in [-0.05, 0) is 60.7 Å². The SMILES string of the molecule is CC(=O)Oc1ccc2c(c1)CCC2.O=S1(=O)Nc2ccc1c(Cl)c2. The summed E-state index contributed by atoms with van der Waals surface area (Å²) in [6.45, 7) is 1.42. The van der Waals surface area contributed by atoms with Crippen LogP contribution in [0.3, 0.4) is 0 Å². The largest absolute Gasteiger partial charge is 0.427 e. The number of aryl methyl sites for hydroxylation is 2. The number of carbonyl (C=O) groups excluding carboxylic acids is 1. The topological polar surface area (TPSA) is 72.5 Å². The van der Waals surface area contributed by atoms with Crippen LogP contribution in [0.15, 0.2) is 41.3 Å². The molecule has 5 rings (SSSR count). The molecule has 126 valence electrons. The van der Waals surface area contributed by atoms with Crippen LogP contribution in [-0.4, -0.2) is 14.4 Å². The number of halogens is 1. The smallest absolute Gasteiger partial charge is 0.308 e. The first kappa shape index (κ1) is 16.8. The normalized spacial score (nSPS) is 15.8. The molecule has 2 heterocycles. The van der Waals surface area contributed by atoms with Crippen molar-refractivity contribution in [1.29, 1.82) is 0 Å². The van der Waals surface area contributed by atoms with E-state index < -0.39 is 10.0 Å². The molecule has 1 aliphatic carbocycles. The zero-order chi connectivity index (χ0) is 17.3. The summed E-state index contributed by atoms with van der Waals surface area (Å²) in [4.78, 5) is 10.8. The van der Waals surface area contributed by atoms with Crippen LogP contribution in [0.25, 0.3) is 0 Å². The number of hydrogen-bond donors (Lipinski definition) is 1. The van der Waals surface area contributed by atoms with Crippen LogP contribution in [0.2, 0.25) is 5.02 Å². The predicted molar refractivity (Wildman–Crippen MR) is 92.0 cm³/mol. The molecule has 3 aliphatic rings. The minimum Gasteiger partial charge on any atom is -0.427 e. The van der Waals surface area contributed by atoms with E-state index in [2.05, 4.69) is 10.8 Å². The molecule has 0 amide bonds. The third-order valence-corrected chi connectivity index (χ3v) is 5.67. The van der Waals surface area contributed by atoms with Crippen molar-refractivity contribution in [1.82, 2.24) is 0 Å². The maximum absolute atomic E-state index is 11.1. The number of fused-ring (bicyclic) bond motifs is 4. The second-order valence-electron chi connectivity index (χ2n) is 5.63. The molecule has 0 aromatic heterocycles. The highest BCUT2D eigenvalue weighted by molar-refractivity contribution is 7.93. The Balaban J connectivity index is 0.000000143. The summed E-state index contributed by atoms with van der Waals surface area (Å²) in [6.07, 6.45) is 3.50. The Labute approximate surface area is 145 Å². The van der Waals surface area contributed by atoms with Gasteiger partial charge in [-0.2, -0.15) is 0 Å². The van der Waals surface area contributed by atoms with E-state index in [9.17, 15) is 13.2 Å². The Morgan fingerprint density at radius 2 is 1.88 bits per heavy atom. The molecule has 2 aliphatic heterocycles. The second kappa shape index (κ2) is 6.45. The molecule has 24 heavy (non-hydrogen) atoms. The van der Waals surface area contributed by atoms with Gasteiger partial charge in [0, 0.05) is 6.92 Å². The zero-order valence-electron chi connectivity index (χ0n) is 13.0. The van der Waals surface area contributed by atoms with E-state index in [0.717, 1.165) is 12.8 Å². The molecule has 2 aromatic rings. The van der Waals surface area contributed by atoms with E-state index in [1.54, 1.807) is 12.1 Å². The summed E-state index contributed by atoms with van der Waals surface area (Å²) in [7, 11) is -3.33. The Hall–Kier alpha value is -2.05. The Morgan fingerprint density at radius 3 is 2.46 bits per heavy atom. The molecule has 0 spiro atoms. The molecule has 0 unspecified atom stereocenters. The van der Waals surface area contributed by atoms with Gasteiger partial charge in [0.15, 0.2) is 0 Å². The lowest BCUT2D eigenvalue weighted by molar-refractivity contribution is -0.131. The minimum atomic E-state index is -3.33. The molecule has 2 aromatic carbocycles. The molecule has 7 heteroatoms. The van der Waals surface area contributed by atoms with E-state index >= 15 is 0 Å². The van der Waals surface area contributed by atoms with E-state index in [1.807, 2.05) is 12.1 Å². The van der Waals surface area contributed by atoms with Crippen molar-refractivity contribution in [2.45, 2.75) is 31.1 Å². The molecule has 5 nitrogen and oxygen atoms in total. The first-order valence-electron chi connectivity index (χ1n) is 7.48. The minimum absolute atomic E-state index is 0.147. The van der Waals surface area contributed by atoms with Crippen LogP contribution < -0.4 is 9.46 Å². The number of esters is 1. The van der Waals surface area contributed by atoms with Gasteiger partial charge in [-0.3, -0.25) is 9.52 Å². The predicted octanol–water partition coefficient (Wildman–Crippen LogP) is 3.55. The highest BCUT2D eigenvalue weighted by Crippen LogP contribution is 2.31. The molecule has 2 bridgehead atoms. The summed E-state index contributed by atoms with van der Waals surface area (Å²) in [6, 6.07) is 10.6. The van der Waals surface area contributed by atoms with Crippen LogP contribution in [-0.2, 0) is 27.7 Å². The number of ether oxygens (including phenoxy) is 1. The number of benzene rings is 2. The van der Waals surface area contributed by atoms with Gasteiger partial charge in [0.1, 0.15) is 10.6 Å². The molecular weight excluding hydrogens is 350 g/mol. The Bertz CT molecular complexity index is 909. The van der Waals surface area contributed by atoms with Crippen molar-refractivity contribution >= 4 is 33.3 Å². The zero-order valence-corrected chi connectivity index (χ0v) is 14.6. The number of nitrogens with one attached hydrogen (secondary N) is 1. The van der Waals surface area contributed by atoms with Gasteiger partial charge in [0.25, 0.3) is 10.0 Å². The van der Waals surface area contributed by atoms with Crippen molar-refractivity contribution in [3.05, 3.63) is 52.5 Å². The van der Waals surface area contributed by atoms with Gasteiger partial charge in [-0.15, -0.1) is 0 Å². The fourth-order valence-corrected chi connectivity index (χ4v) is 4.37. The van der Waals surface area contributed by atoms with E-state index in [1.165, 1.54) is 30.5 Å². The van der Waals surface area contributed by atoms with Gasteiger partial charge >= 0.3 is 5.97 Å². The van der Waals surface area contributed by atoms with Gasteiger partial charge in [-0.1, -0.05) is 17.7 Å². The summed E-state index contributed by atoms with van der Waals surface area (Å²) >= 11 is 5.63. The van der Waals surface area contributed by atoms with Crippen molar-refractivity contribution in [3.63, 3.8) is 0 Å². The van der Waals surface area contributed by atoms with Crippen molar-refractivity contribution in [3.8, 4) is 5.75 Å². The summed E-state index contributed by atoms with van der Waals surface area (Å²) in [5.41, 5.74) is 3.25. The van der Waals surface area contributed by atoms with E-state index in [4.69, 9.17) is 16.3 Å². The first-order valence-corrected chi connectivity index (χ1v) is 9.34. The van der Waals surface area contributed by atoms with Crippen molar-refractivity contribution in [2.24, 2.45) is 0 Å². The lowest BCUT2D eigenvalue weighted by Crippen LogP contribution is -2.17. The summed E-state index contributed by atoms with van der Waals surface area (Å²) in [5, 5.41) is 0.279. The highest BCUT2D eigenvalue weighted by Gasteiger charge is 2.23. The molecule has 0 radical (unpaired) electrons. The average Bonchev–Trinajstić information content (AvgIpc) is 2.93. The van der Waals surface area contributed by atoms with Crippen molar-refractivity contribution < 1.29 is 17.9 Å². The molecule has 0 atom stereocenters. The molecule has 1 N–H and O–H groups in total. The second-order valence-corrected chi connectivity index (χ2v) is 7.69. The fourth-order valence-electron chi connectivity index (χ4n) is 2.77. The van der Waals surface area contributed by atoms with Crippen LogP contribution in [0.4, 0.5) is 5.69 Å². The lowest BCUT2D eigenvalue weighted by Gasteiger charge is -2.15.